The van der Waals surface area contributed by atoms with Crippen molar-refractivity contribution in [1.29, 1.82) is 0 Å². The number of amides is 1. The first-order valence-electron chi connectivity index (χ1n) is 7.04. The summed E-state index contributed by atoms with van der Waals surface area (Å²) in [7, 11) is 0. The van der Waals surface area contributed by atoms with Gasteiger partial charge in [-0.2, -0.15) is 0 Å². The number of carbonyl (C=O) groups excluding carboxylic acids is 1. The van der Waals surface area contributed by atoms with Crippen molar-refractivity contribution in [2.75, 3.05) is 0 Å². The van der Waals surface area contributed by atoms with Gasteiger partial charge in [0.05, 0.1) is 0 Å². The van der Waals surface area contributed by atoms with Crippen molar-refractivity contribution in [2.24, 2.45) is 17.6 Å². The van der Waals surface area contributed by atoms with E-state index in [4.69, 9.17) is 5.73 Å². The quantitative estimate of drug-likeness (QED) is 0.866. The molecule has 1 amide bonds. The van der Waals surface area contributed by atoms with Crippen LogP contribution in [0, 0.1) is 11.8 Å². The molecule has 2 heteroatoms. The highest BCUT2D eigenvalue weighted by Gasteiger charge is 2.17. The van der Waals surface area contributed by atoms with Gasteiger partial charge in [-0.15, -0.1) is 0 Å². The number of nitrogens with two attached hydrogens (primary N) is 1. The van der Waals surface area contributed by atoms with Crippen molar-refractivity contribution >= 4 is 5.91 Å². The summed E-state index contributed by atoms with van der Waals surface area (Å²) in [6.07, 6.45) is 7.82. The molecule has 1 aromatic carbocycles. The molecular weight excluding hydrogens is 222 g/mol. The smallest absolute Gasteiger partial charge is 0.248 e. The van der Waals surface area contributed by atoms with Crippen LogP contribution in [0.1, 0.15) is 54.9 Å². The van der Waals surface area contributed by atoms with E-state index in [0.29, 0.717) is 5.56 Å². The summed E-state index contributed by atoms with van der Waals surface area (Å²) in [5.74, 6) is 1.46. The lowest BCUT2D eigenvalue weighted by Crippen LogP contribution is -2.13. The lowest BCUT2D eigenvalue weighted by Gasteiger charge is -2.26. The van der Waals surface area contributed by atoms with Gasteiger partial charge in [0.15, 0.2) is 0 Å². The second-order valence-corrected chi connectivity index (χ2v) is 5.73. The molecule has 2 nitrogen and oxygen atoms in total. The SMILES string of the molecule is CC1CCC(CCc2cccc(C(N)=O)c2)CC1. The van der Waals surface area contributed by atoms with Crippen LogP contribution in [-0.2, 0) is 6.42 Å². The van der Waals surface area contributed by atoms with E-state index in [1.165, 1.54) is 37.7 Å². The maximum absolute atomic E-state index is 11.1. The van der Waals surface area contributed by atoms with Gasteiger partial charge in [0.2, 0.25) is 5.91 Å². The van der Waals surface area contributed by atoms with Crippen LogP contribution in [0.5, 0.6) is 0 Å². The maximum atomic E-state index is 11.1. The molecule has 0 aromatic heterocycles. The summed E-state index contributed by atoms with van der Waals surface area (Å²) in [6, 6.07) is 7.75. The van der Waals surface area contributed by atoms with Gasteiger partial charge in [-0.1, -0.05) is 44.7 Å². The lowest BCUT2D eigenvalue weighted by molar-refractivity contribution is 0.1000. The van der Waals surface area contributed by atoms with Crippen LogP contribution in [0.4, 0.5) is 0 Å². The fourth-order valence-corrected chi connectivity index (χ4v) is 2.87. The van der Waals surface area contributed by atoms with Crippen LogP contribution in [0.15, 0.2) is 24.3 Å². The highest BCUT2D eigenvalue weighted by atomic mass is 16.1. The fraction of sp³-hybridized carbons (Fsp3) is 0.562. The van der Waals surface area contributed by atoms with Crippen molar-refractivity contribution < 1.29 is 4.79 Å². The number of carbonyl (C=O) groups is 1. The van der Waals surface area contributed by atoms with Crippen molar-refractivity contribution in [3.63, 3.8) is 0 Å². The molecule has 0 saturated heterocycles. The van der Waals surface area contributed by atoms with E-state index < -0.39 is 0 Å². The zero-order valence-corrected chi connectivity index (χ0v) is 11.2. The van der Waals surface area contributed by atoms with Crippen LogP contribution in [0.2, 0.25) is 0 Å². The largest absolute Gasteiger partial charge is 0.366 e. The van der Waals surface area contributed by atoms with E-state index in [0.717, 1.165) is 18.3 Å². The minimum absolute atomic E-state index is 0.330. The Morgan fingerprint density at radius 2 is 2.00 bits per heavy atom. The maximum Gasteiger partial charge on any atom is 0.248 e. The highest BCUT2D eigenvalue weighted by molar-refractivity contribution is 5.92. The number of rotatable bonds is 4. The summed E-state index contributed by atoms with van der Waals surface area (Å²) in [4.78, 5) is 11.1. The summed E-state index contributed by atoms with van der Waals surface area (Å²) < 4.78 is 0. The average molecular weight is 245 g/mol. The van der Waals surface area contributed by atoms with E-state index >= 15 is 0 Å². The molecule has 2 N–H and O–H groups in total. The van der Waals surface area contributed by atoms with Crippen molar-refractivity contribution in [2.45, 2.75) is 45.4 Å². The third-order valence-electron chi connectivity index (χ3n) is 4.19. The standard InChI is InChI=1S/C16H23NO/c1-12-5-7-13(8-6-12)9-10-14-3-2-4-15(11-14)16(17)18/h2-4,11-13H,5-10H2,1H3,(H2,17,18). The number of aryl methyl sites for hydroxylation is 1. The summed E-state index contributed by atoms with van der Waals surface area (Å²) in [6.45, 7) is 2.35. The normalized spacial score (nSPS) is 23.8. The zero-order valence-electron chi connectivity index (χ0n) is 11.2. The topological polar surface area (TPSA) is 43.1 Å². The molecule has 1 aliphatic rings. The third kappa shape index (κ3) is 3.59. The molecule has 0 spiro atoms. The van der Waals surface area contributed by atoms with Gasteiger partial charge in [-0.25, -0.2) is 0 Å². The first-order chi connectivity index (χ1) is 8.65. The Morgan fingerprint density at radius 1 is 1.28 bits per heavy atom. The van der Waals surface area contributed by atoms with E-state index in [1.807, 2.05) is 12.1 Å². The highest BCUT2D eigenvalue weighted by Crippen LogP contribution is 2.31. The van der Waals surface area contributed by atoms with Gasteiger partial charge in [0.1, 0.15) is 0 Å². The van der Waals surface area contributed by atoms with Crippen molar-refractivity contribution in [3.8, 4) is 0 Å². The molecule has 0 unspecified atom stereocenters. The van der Waals surface area contributed by atoms with Crippen LogP contribution >= 0.6 is 0 Å². The molecule has 1 aliphatic carbocycles. The van der Waals surface area contributed by atoms with Crippen LogP contribution < -0.4 is 5.73 Å². The van der Waals surface area contributed by atoms with Gasteiger partial charge in [-0.3, -0.25) is 4.79 Å². The number of hydrogen-bond acceptors (Lipinski definition) is 1. The average Bonchev–Trinajstić information content (AvgIpc) is 2.38. The molecule has 2 rings (SSSR count). The first-order valence-corrected chi connectivity index (χ1v) is 7.04. The fourth-order valence-electron chi connectivity index (χ4n) is 2.87. The molecule has 1 fully saturated rings. The first kappa shape index (κ1) is 13.1. The molecule has 0 radical (unpaired) electrons. The second kappa shape index (κ2) is 6.03. The Morgan fingerprint density at radius 3 is 2.67 bits per heavy atom. The molecule has 0 heterocycles. The van der Waals surface area contributed by atoms with E-state index in [-0.39, 0.29) is 5.91 Å². The molecule has 18 heavy (non-hydrogen) atoms. The Bertz CT molecular complexity index is 405. The number of primary amides is 1. The molecule has 0 atom stereocenters. The molecule has 1 aromatic rings. The van der Waals surface area contributed by atoms with Gasteiger partial charge < -0.3 is 5.73 Å². The van der Waals surface area contributed by atoms with Gasteiger partial charge in [0, 0.05) is 5.56 Å². The number of hydrogen-bond donors (Lipinski definition) is 1. The lowest BCUT2D eigenvalue weighted by atomic mass is 9.80. The molecular formula is C16H23NO. The predicted octanol–water partition coefficient (Wildman–Crippen LogP) is 3.54. The number of benzene rings is 1. The molecule has 1 saturated carbocycles. The predicted molar refractivity (Wildman–Crippen MR) is 74.4 cm³/mol. The van der Waals surface area contributed by atoms with E-state index in [2.05, 4.69) is 13.0 Å². The third-order valence-corrected chi connectivity index (χ3v) is 4.19. The Balaban J connectivity index is 1.86. The van der Waals surface area contributed by atoms with Crippen LogP contribution in [0.3, 0.4) is 0 Å². The molecule has 98 valence electrons. The molecule has 0 aliphatic heterocycles. The van der Waals surface area contributed by atoms with Crippen LogP contribution in [0.25, 0.3) is 0 Å². The zero-order chi connectivity index (χ0) is 13.0. The minimum Gasteiger partial charge on any atom is -0.366 e. The Kier molecular flexibility index (Phi) is 4.40. The molecule has 0 bridgehead atoms. The summed E-state index contributed by atoms with van der Waals surface area (Å²) in [5, 5.41) is 0. The van der Waals surface area contributed by atoms with Gasteiger partial charge in [0.25, 0.3) is 0 Å². The van der Waals surface area contributed by atoms with Crippen molar-refractivity contribution in [3.05, 3.63) is 35.4 Å². The summed E-state index contributed by atoms with van der Waals surface area (Å²) in [5.41, 5.74) is 7.17. The van der Waals surface area contributed by atoms with Crippen molar-refractivity contribution in [1.82, 2.24) is 0 Å². The van der Waals surface area contributed by atoms with Gasteiger partial charge in [-0.05, 0) is 42.4 Å². The van der Waals surface area contributed by atoms with Gasteiger partial charge >= 0.3 is 0 Å². The van der Waals surface area contributed by atoms with Crippen LogP contribution in [-0.4, -0.2) is 5.91 Å². The van der Waals surface area contributed by atoms with E-state index in [9.17, 15) is 4.79 Å². The van der Waals surface area contributed by atoms with E-state index in [1.54, 1.807) is 6.07 Å². The summed E-state index contributed by atoms with van der Waals surface area (Å²) >= 11 is 0. The Labute approximate surface area is 110 Å². The Hall–Kier alpha value is -1.31. The minimum atomic E-state index is -0.330. The monoisotopic (exact) mass is 245 g/mol. The second-order valence-electron chi connectivity index (χ2n) is 5.73.